The molecule has 4 rings (SSSR count). The van der Waals surface area contributed by atoms with Crippen molar-refractivity contribution >= 4 is 35.0 Å². The molecule has 1 N–H and O–H groups in total. The van der Waals surface area contributed by atoms with Gasteiger partial charge in [-0.1, -0.05) is 41.6 Å². The summed E-state index contributed by atoms with van der Waals surface area (Å²) in [7, 11) is 0. The van der Waals surface area contributed by atoms with Crippen LogP contribution in [0.25, 0.3) is 11.4 Å². The monoisotopic (exact) mass is 452 g/mol. The van der Waals surface area contributed by atoms with Gasteiger partial charge in [-0.15, -0.1) is 10.2 Å². The van der Waals surface area contributed by atoms with Crippen molar-refractivity contribution in [2.24, 2.45) is 0 Å². The smallest absolute Gasteiger partial charge is 0.237 e. The summed E-state index contributed by atoms with van der Waals surface area (Å²) in [6.45, 7) is 4.27. The number of aromatic nitrogens is 3. The predicted molar refractivity (Wildman–Crippen MR) is 123 cm³/mol. The Bertz CT molecular complexity index is 1170. The van der Waals surface area contributed by atoms with Crippen LogP contribution in [0.4, 0.5) is 5.69 Å². The number of carbonyl (C=O) groups is 1. The van der Waals surface area contributed by atoms with Gasteiger partial charge in [0, 0.05) is 16.3 Å². The first-order chi connectivity index (χ1) is 15.0. The van der Waals surface area contributed by atoms with E-state index in [1.165, 1.54) is 11.8 Å². The summed E-state index contributed by atoms with van der Waals surface area (Å²) >= 11 is 7.39. The molecule has 6 nitrogen and oxygen atoms in total. The van der Waals surface area contributed by atoms with E-state index in [9.17, 15) is 4.79 Å². The highest BCUT2D eigenvalue weighted by atomic mass is 35.5. The SMILES string of the molecule is Cc1ccccc1NC(=O)C(C)Sc1nnc(-c2ccc(Cl)cc2)n1Cc1ccco1. The molecule has 0 bridgehead atoms. The molecule has 1 unspecified atom stereocenters. The molecule has 0 aliphatic rings. The van der Waals surface area contributed by atoms with Gasteiger partial charge in [-0.25, -0.2) is 0 Å². The number of nitrogens with zero attached hydrogens (tertiary/aromatic N) is 3. The molecule has 31 heavy (non-hydrogen) atoms. The average Bonchev–Trinajstić information content (AvgIpc) is 3.41. The number of nitrogens with one attached hydrogen (secondary N) is 1. The van der Waals surface area contributed by atoms with Crippen LogP contribution in [0.5, 0.6) is 0 Å². The minimum Gasteiger partial charge on any atom is -0.467 e. The van der Waals surface area contributed by atoms with Gasteiger partial charge in [0.25, 0.3) is 0 Å². The fraction of sp³-hybridized carbons (Fsp3) is 0.174. The highest BCUT2D eigenvalue weighted by molar-refractivity contribution is 8.00. The van der Waals surface area contributed by atoms with Crippen molar-refractivity contribution < 1.29 is 9.21 Å². The van der Waals surface area contributed by atoms with Gasteiger partial charge in [0.1, 0.15) is 5.76 Å². The van der Waals surface area contributed by atoms with Crippen LogP contribution in [0.2, 0.25) is 5.02 Å². The van der Waals surface area contributed by atoms with E-state index >= 15 is 0 Å². The standard InChI is InChI=1S/C23H21ClN4O2S/c1-15-6-3-4-8-20(15)25-22(29)16(2)31-23-27-26-21(17-9-11-18(24)12-10-17)28(23)14-19-7-5-13-30-19/h3-13,16H,14H2,1-2H3,(H,25,29). The summed E-state index contributed by atoms with van der Waals surface area (Å²) in [5, 5.41) is 12.6. The molecule has 2 aromatic carbocycles. The lowest BCUT2D eigenvalue weighted by molar-refractivity contribution is -0.115. The third kappa shape index (κ3) is 5.00. The van der Waals surface area contributed by atoms with Crippen molar-refractivity contribution in [1.82, 2.24) is 14.8 Å². The lowest BCUT2D eigenvalue weighted by Crippen LogP contribution is -2.23. The molecule has 8 heteroatoms. The first-order valence-corrected chi connectivity index (χ1v) is 11.0. The summed E-state index contributed by atoms with van der Waals surface area (Å²) in [4.78, 5) is 12.8. The summed E-state index contributed by atoms with van der Waals surface area (Å²) < 4.78 is 7.48. The average molecular weight is 453 g/mol. The van der Waals surface area contributed by atoms with Crippen LogP contribution in [0, 0.1) is 6.92 Å². The van der Waals surface area contributed by atoms with Crippen LogP contribution < -0.4 is 5.32 Å². The Kier molecular flexibility index (Phi) is 6.44. The van der Waals surface area contributed by atoms with Gasteiger partial charge in [-0.3, -0.25) is 9.36 Å². The Balaban J connectivity index is 1.59. The minimum atomic E-state index is -0.378. The number of thioether (sulfide) groups is 1. The molecule has 0 fully saturated rings. The van der Waals surface area contributed by atoms with Crippen LogP contribution in [0.1, 0.15) is 18.2 Å². The van der Waals surface area contributed by atoms with E-state index in [0.29, 0.717) is 22.5 Å². The number of halogens is 1. The Morgan fingerprint density at radius 1 is 1.13 bits per heavy atom. The topological polar surface area (TPSA) is 73.0 Å². The summed E-state index contributed by atoms with van der Waals surface area (Å²) in [5.41, 5.74) is 2.70. The van der Waals surface area contributed by atoms with Gasteiger partial charge >= 0.3 is 0 Å². The maximum Gasteiger partial charge on any atom is 0.237 e. The molecule has 2 aromatic heterocycles. The molecule has 0 saturated heterocycles. The van der Waals surface area contributed by atoms with E-state index in [1.807, 2.05) is 79.1 Å². The van der Waals surface area contributed by atoms with Gasteiger partial charge in [0.05, 0.1) is 18.1 Å². The lowest BCUT2D eigenvalue weighted by atomic mass is 10.2. The van der Waals surface area contributed by atoms with Gasteiger partial charge in [-0.2, -0.15) is 0 Å². The van der Waals surface area contributed by atoms with Gasteiger partial charge in [0.15, 0.2) is 11.0 Å². The molecule has 4 aromatic rings. The van der Waals surface area contributed by atoms with Gasteiger partial charge in [-0.05, 0) is 61.9 Å². The normalized spacial score (nSPS) is 12.0. The highest BCUT2D eigenvalue weighted by Gasteiger charge is 2.22. The molecular weight excluding hydrogens is 432 g/mol. The Morgan fingerprint density at radius 3 is 2.61 bits per heavy atom. The largest absolute Gasteiger partial charge is 0.467 e. The molecule has 0 radical (unpaired) electrons. The zero-order valence-electron chi connectivity index (χ0n) is 17.1. The first-order valence-electron chi connectivity index (χ1n) is 9.76. The van der Waals surface area contributed by atoms with Crippen LogP contribution in [0.15, 0.2) is 76.5 Å². The number of amides is 1. The summed E-state index contributed by atoms with van der Waals surface area (Å²) in [6, 6.07) is 18.9. The van der Waals surface area contributed by atoms with Crippen LogP contribution in [-0.2, 0) is 11.3 Å². The van der Waals surface area contributed by atoms with Crippen molar-refractivity contribution in [3.05, 3.63) is 83.3 Å². The van der Waals surface area contributed by atoms with Gasteiger partial charge < -0.3 is 9.73 Å². The zero-order valence-corrected chi connectivity index (χ0v) is 18.7. The van der Waals surface area contributed by atoms with Crippen LogP contribution in [0.3, 0.4) is 0 Å². The molecule has 0 aliphatic heterocycles. The third-order valence-corrected chi connectivity index (χ3v) is 6.10. The zero-order chi connectivity index (χ0) is 21.8. The van der Waals surface area contributed by atoms with E-state index in [0.717, 1.165) is 22.6 Å². The van der Waals surface area contributed by atoms with Crippen molar-refractivity contribution in [3.63, 3.8) is 0 Å². The molecule has 1 amide bonds. The number of carbonyl (C=O) groups excluding carboxylic acids is 1. The number of para-hydroxylation sites is 1. The Labute approximate surface area is 189 Å². The Hall–Kier alpha value is -3.03. The van der Waals surface area contributed by atoms with Crippen molar-refractivity contribution in [2.75, 3.05) is 5.32 Å². The number of furan rings is 1. The molecule has 2 heterocycles. The number of hydrogen-bond acceptors (Lipinski definition) is 5. The molecule has 0 spiro atoms. The fourth-order valence-electron chi connectivity index (χ4n) is 3.05. The molecule has 1 atom stereocenters. The van der Waals surface area contributed by atoms with Crippen LogP contribution in [-0.4, -0.2) is 25.9 Å². The van der Waals surface area contributed by atoms with E-state index in [2.05, 4.69) is 15.5 Å². The molecule has 158 valence electrons. The fourth-order valence-corrected chi connectivity index (χ4v) is 4.02. The number of hydrogen-bond donors (Lipinski definition) is 1. The number of benzene rings is 2. The van der Waals surface area contributed by atoms with Crippen molar-refractivity contribution in [3.8, 4) is 11.4 Å². The Morgan fingerprint density at radius 2 is 1.90 bits per heavy atom. The first kappa shape index (κ1) is 21.2. The number of anilines is 1. The van der Waals surface area contributed by atoms with E-state index in [4.69, 9.17) is 16.0 Å². The second kappa shape index (κ2) is 9.41. The third-order valence-electron chi connectivity index (χ3n) is 4.77. The van der Waals surface area contributed by atoms with Gasteiger partial charge in [0.2, 0.25) is 5.91 Å². The maximum atomic E-state index is 12.8. The second-order valence-corrected chi connectivity index (χ2v) is 8.79. The summed E-state index contributed by atoms with van der Waals surface area (Å²) in [6.07, 6.45) is 1.63. The van der Waals surface area contributed by atoms with E-state index in [1.54, 1.807) is 6.26 Å². The number of rotatable bonds is 7. The minimum absolute atomic E-state index is 0.0973. The lowest BCUT2D eigenvalue weighted by Gasteiger charge is -2.14. The summed E-state index contributed by atoms with van der Waals surface area (Å²) in [5.74, 6) is 1.36. The van der Waals surface area contributed by atoms with E-state index < -0.39 is 0 Å². The van der Waals surface area contributed by atoms with E-state index in [-0.39, 0.29) is 11.2 Å². The quantitative estimate of drug-likeness (QED) is 0.366. The number of aryl methyl sites for hydroxylation is 1. The maximum absolute atomic E-state index is 12.8. The highest BCUT2D eigenvalue weighted by Crippen LogP contribution is 2.29. The van der Waals surface area contributed by atoms with Crippen molar-refractivity contribution in [1.29, 1.82) is 0 Å². The van der Waals surface area contributed by atoms with Crippen LogP contribution >= 0.6 is 23.4 Å². The van der Waals surface area contributed by atoms with Crippen molar-refractivity contribution in [2.45, 2.75) is 30.8 Å². The molecule has 0 aliphatic carbocycles. The predicted octanol–water partition coefficient (Wildman–Crippen LogP) is 5.67. The molecule has 0 saturated carbocycles. The second-order valence-electron chi connectivity index (χ2n) is 7.04. The molecular formula is C23H21ClN4O2S.